The number of aliphatic hydroxyl groups excluding tert-OH is 2. The van der Waals surface area contributed by atoms with Crippen LogP contribution in [0.5, 0.6) is 0 Å². The number of carbonyl (C=O) groups is 2. The Morgan fingerprint density at radius 1 is 0.394 bits per heavy atom. The Kier molecular flexibility index (Phi) is 59.5. The van der Waals surface area contributed by atoms with Gasteiger partial charge >= 0.3 is 5.97 Å². The Bertz CT molecular complexity index is 1110. The number of ether oxygens (including phenoxy) is 1. The molecule has 0 spiro atoms. The smallest absolute Gasteiger partial charge is 0.305 e. The van der Waals surface area contributed by atoms with Gasteiger partial charge in [0.25, 0.3) is 0 Å². The van der Waals surface area contributed by atoms with Crippen LogP contribution >= 0.6 is 0 Å². The number of nitrogens with one attached hydrogen (secondary N) is 1. The minimum absolute atomic E-state index is 0.0119. The van der Waals surface area contributed by atoms with Crippen molar-refractivity contribution < 1.29 is 24.5 Å². The first kappa shape index (κ1) is 69.3. The molecule has 0 aliphatic carbocycles. The van der Waals surface area contributed by atoms with E-state index in [4.69, 9.17) is 4.74 Å². The van der Waals surface area contributed by atoms with Gasteiger partial charge in [0.1, 0.15) is 0 Å². The lowest BCUT2D eigenvalue weighted by molar-refractivity contribution is -0.143. The summed E-state index contributed by atoms with van der Waals surface area (Å²) in [6.45, 7) is 4.94. The summed E-state index contributed by atoms with van der Waals surface area (Å²) in [5.41, 5.74) is 0. The third kappa shape index (κ3) is 57.5. The maximum absolute atomic E-state index is 12.5. The Labute approximate surface area is 443 Å². The maximum atomic E-state index is 12.5. The maximum Gasteiger partial charge on any atom is 0.305 e. The summed E-state index contributed by atoms with van der Waals surface area (Å²) >= 11 is 0. The Balaban J connectivity index is 3.46. The van der Waals surface area contributed by atoms with E-state index in [1.165, 1.54) is 250 Å². The first-order valence-electron chi connectivity index (χ1n) is 32.1. The molecule has 0 aliphatic heterocycles. The predicted octanol–water partition coefficient (Wildman–Crippen LogP) is 20.2. The SMILES string of the molecule is CCCCCCCCCCCCCCCCCCCCCCCCCC(O)C(CO)NC(=O)CCCCCCCCCCCC/C=C\C=C/CCCCCOC(=O)CCCCCCCCCCCCCC. The number of carbonyl (C=O) groups excluding carboxylic acids is 2. The lowest BCUT2D eigenvalue weighted by Crippen LogP contribution is -2.45. The molecule has 6 heteroatoms. The summed E-state index contributed by atoms with van der Waals surface area (Å²) in [5, 5.41) is 23.4. The van der Waals surface area contributed by atoms with Gasteiger partial charge in [0, 0.05) is 12.8 Å². The minimum Gasteiger partial charge on any atom is -0.466 e. The zero-order valence-corrected chi connectivity index (χ0v) is 48.0. The Morgan fingerprint density at radius 2 is 0.690 bits per heavy atom. The summed E-state index contributed by atoms with van der Waals surface area (Å²) in [6.07, 6.45) is 74.8. The van der Waals surface area contributed by atoms with Crippen LogP contribution in [0.15, 0.2) is 24.3 Å². The molecular formula is C65H125NO5. The molecule has 0 bridgehead atoms. The van der Waals surface area contributed by atoms with Crippen molar-refractivity contribution in [2.75, 3.05) is 13.2 Å². The van der Waals surface area contributed by atoms with E-state index >= 15 is 0 Å². The second-order valence-corrected chi connectivity index (χ2v) is 22.1. The van der Waals surface area contributed by atoms with Crippen molar-refractivity contribution in [1.82, 2.24) is 5.32 Å². The van der Waals surface area contributed by atoms with Crippen LogP contribution in [0.1, 0.15) is 354 Å². The monoisotopic (exact) mass is 1000 g/mol. The van der Waals surface area contributed by atoms with Crippen molar-refractivity contribution in [2.45, 2.75) is 366 Å². The lowest BCUT2D eigenvalue weighted by Gasteiger charge is -2.22. The largest absolute Gasteiger partial charge is 0.466 e. The summed E-state index contributed by atoms with van der Waals surface area (Å²) in [7, 11) is 0. The summed E-state index contributed by atoms with van der Waals surface area (Å²) in [5.74, 6) is -0.0529. The third-order valence-corrected chi connectivity index (χ3v) is 15.0. The Morgan fingerprint density at radius 3 is 1.04 bits per heavy atom. The van der Waals surface area contributed by atoms with Crippen LogP contribution in [-0.2, 0) is 14.3 Å². The fraction of sp³-hybridized carbons (Fsp3) is 0.908. The van der Waals surface area contributed by atoms with Crippen molar-refractivity contribution in [1.29, 1.82) is 0 Å². The number of hydrogen-bond donors (Lipinski definition) is 3. The molecule has 0 saturated carbocycles. The van der Waals surface area contributed by atoms with Gasteiger partial charge in [-0.1, -0.05) is 308 Å². The number of rotatable bonds is 60. The lowest BCUT2D eigenvalue weighted by atomic mass is 10.0. The van der Waals surface area contributed by atoms with Crippen LogP contribution in [0.25, 0.3) is 0 Å². The fourth-order valence-corrected chi connectivity index (χ4v) is 10.1. The van der Waals surface area contributed by atoms with E-state index in [0.29, 0.717) is 25.9 Å². The van der Waals surface area contributed by atoms with Gasteiger partial charge in [-0.05, 0) is 57.8 Å². The van der Waals surface area contributed by atoms with Crippen LogP contribution < -0.4 is 5.32 Å². The van der Waals surface area contributed by atoms with E-state index in [1.54, 1.807) is 0 Å². The number of amides is 1. The zero-order valence-electron chi connectivity index (χ0n) is 48.0. The van der Waals surface area contributed by atoms with Crippen LogP contribution in [0.4, 0.5) is 0 Å². The van der Waals surface area contributed by atoms with Gasteiger partial charge in [0.15, 0.2) is 0 Å². The molecule has 0 aromatic carbocycles. The van der Waals surface area contributed by atoms with Crippen molar-refractivity contribution in [3.05, 3.63) is 24.3 Å². The molecule has 0 aliphatic rings. The fourth-order valence-electron chi connectivity index (χ4n) is 10.1. The highest BCUT2D eigenvalue weighted by atomic mass is 16.5. The molecule has 1 amide bonds. The topological polar surface area (TPSA) is 95.9 Å². The molecule has 0 aromatic rings. The molecule has 71 heavy (non-hydrogen) atoms. The zero-order chi connectivity index (χ0) is 51.4. The van der Waals surface area contributed by atoms with Crippen molar-refractivity contribution >= 4 is 11.9 Å². The van der Waals surface area contributed by atoms with E-state index in [1.807, 2.05) is 0 Å². The molecule has 0 fully saturated rings. The average Bonchev–Trinajstić information content (AvgIpc) is 3.37. The number of esters is 1. The summed E-state index contributed by atoms with van der Waals surface area (Å²) in [4.78, 5) is 24.5. The van der Waals surface area contributed by atoms with Gasteiger partial charge in [-0.3, -0.25) is 9.59 Å². The highest BCUT2D eigenvalue weighted by molar-refractivity contribution is 5.76. The molecule has 0 heterocycles. The molecule has 0 saturated heterocycles. The molecule has 0 radical (unpaired) electrons. The van der Waals surface area contributed by atoms with E-state index in [-0.39, 0.29) is 18.5 Å². The number of hydrogen-bond acceptors (Lipinski definition) is 5. The number of unbranched alkanes of at least 4 members (excludes halogenated alkanes) is 46. The molecule has 0 rings (SSSR count). The van der Waals surface area contributed by atoms with Crippen LogP contribution in [0, 0.1) is 0 Å². The van der Waals surface area contributed by atoms with Gasteiger partial charge in [0.2, 0.25) is 5.91 Å². The van der Waals surface area contributed by atoms with E-state index < -0.39 is 12.1 Å². The highest BCUT2D eigenvalue weighted by Crippen LogP contribution is 2.18. The summed E-state index contributed by atoms with van der Waals surface area (Å²) in [6, 6.07) is -0.550. The van der Waals surface area contributed by atoms with Gasteiger partial charge in [-0.2, -0.15) is 0 Å². The number of allylic oxidation sites excluding steroid dienone is 4. The average molecular weight is 1000 g/mol. The molecule has 6 nitrogen and oxygen atoms in total. The predicted molar refractivity (Wildman–Crippen MR) is 310 cm³/mol. The van der Waals surface area contributed by atoms with E-state index in [0.717, 1.165) is 70.6 Å². The summed E-state index contributed by atoms with van der Waals surface area (Å²) < 4.78 is 5.45. The van der Waals surface area contributed by atoms with Crippen molar-refractivity contribution in [3.8, 4) is 0 Å². The third-order valence-electron chi connectivity index (χ3n) is 15.0. The molecule has 420 valence electrons. The van der Waals surface area contributed by atoms with Gasteiger partial charge in [-0.15, -0.1) is 0 Å². The van der Waals surface area contributed by atoms with Crippen molar-refractivity contribution in [3.63, 3.8) is 0 Å². The highest BCUT2D eigenvalue weighted by Gasteiger charge is 2.20. The number of aliphatic hydroxyl groups is 2. The first-order valence-corrected chi connectivity index (χ1v) is 32.1. The van der Waals surface area contributed by atoms with Gasteiger partial charge in [-0.25, -0.2) is 0 Å². The molecule has 2 unspecified atom stereocenters. The molecule has 3 N–H and O–H groups in total. The van der Waals surface area contributed by atoms with Crippen molar-refractivity contribution in [2.24, 2.45) is 0 Å². The van der Waals surface area contributed by atoms with Crippen LogP contribution in [-0.4, -0.2) is 47.4 Å². The second-order valence-electron chi connectivity index (χ2n) is 22.1. The normalized spacial score (nSPS) is 12.7. The first-order chi connectivity index (χ1) is 35.0. The van der Waals surface area contributed by atoms with E-state index in [2.05, 4.69) is 43.5 Å². The van der Waals surface area contributed by atoms with Crippen LogP contribution in [0.3, 0.4) is 0 Å². The quantitative estimate of drug-likeness (QED) is 0.0320. The molecule has 2 atom stereocenters. The van der Waals surface area contributed by atoms with Crippen LogP contribution in [0.2, 0.25) is 0 Å². The Hall–Kier alpha value is -1.66. The van der Waals surface area contributed by atoms with Gasteiger partial charge < -0.3 is 20.3 Å². The minimum atomic E-state index is -0.672. The second kappa shape index (κ2) is 60.9. The van der Waals surface area contributed by atoms with E-state index in [9.17, 15) is 19.8 Å². The standard InChI is InChI=1S/C65H125NO5/c1-3-5-7-9-11-13-15-17-18-19-20-21-22-23-25-28-31-34-37-41-45-49-53-57-63(68)62(61-67)66-64(69)58-54-50-46-42-38-35-32-29-26-24-27-30-33-36-40-44-48-52-56-60-71-65(70)59-55-51-47-43-39-16-14-12-10-8-6-4-2/h30,33,36,40,62-63,67-68H,3-29,31-32,34-35,37-39,41-61H2,1-2H3,(H,66,69)/b33-30-,40-36-. The van der Waals surface area contributed by atoms with Gasteiger partial charge in [0.05, 0.1) is 25.4 Å². The molecular weight excluding hydrogens is 875 g/mol. The molecule has 0 aromatic heterocycles.